The predicted molar refractivity (Wildman–Crippen MR) is 66.9 cm³/mol. The van der Waals surface area contributed by atoms with Gasteiger partial charge in [-0.15, -0.1) is 0 Å². The summed E-state index contributed by atoms with van der Waals surface area (Å²) >= 11 is 5.73. The van der Waals surface area contributed by atoms with Crippen molar-refractivity contribution >= 4 is 29.4 Å². The van der Waals surface area contributed by atoms with E-state index in [0.717, 1.165) is 6.07 Å². The molecule has 8 heteroatoms. The first-order valence-electron chi connectivity index (χ1n) is 5.48. The number of carboxylic acid groups (broad SMARTS) is 2. The van der Waals surface area contributed by atoms with Crippen LogP contribution in [0.15, 0.2) is 18.2 Å². The predicted octanol–water partition coefficient (Wildman–Crippen LogP) is 1.07. The number of halogens is 2. The maximum atomic E-state index is 13.4. The normalized spacial score (nSPS) is 11.7. The number of carbonyl (C=O) groups excluding carboxylic acids is 1. The molecule has 108 valence electrons. The van der Waals surface area contributed by atoms with Gasteiger partial charge in [-0.25, -0.2) is 9.18 Å². The third kappa shape index (κ3) is 4.51. The Labute approximate surface area is 118 Å². The number of hydrogen-bond donors (Lipinski definition) is 3. The van der Waals surface area contributed by atoms with E-state index in [0.29, 0.717) is 0 Å². The van der Waals surface area contributed by atoms with E-state index in [1.54, 1.807) is 0 Å². The summed E-state index contributed by atoms with van der Waals surface area (Å²) < 4.78 is 13.4. The molecule has 3 N–H and O–H groups in total. The molecule has 1 aromatic carbocycles. The lowest BCUT2D eigenvalue weighted by Gasteiger charge is -2.13. The Morgan fingerprint density at radius 1 is 1.30 bits per heavy atom. The molecule has 1 amide bonds. The molecular formula is C12H11ClFNO5. The van der Waals surface area contributed by atoms with Gasteiger partial charge >= 0.3 is 11.9 Å². The number of nitrogens with one attached hydrogen (secondary N) is 1. The fraction of sp³-hybridized carbons (Fsp3) is 0.250. The van der Waals surface area contributed by atoms with Crippen molar-refractivity contribution in [2.45, 2.75) is 18.9 Å². The van der Waals surface area contributed by atoms with Gasteiger partial charge in [0, 0.05) is 10.6 Å². The van der Waals surface area contributed by atoms with Gasteiger partial charge in [0.25, 0.3) is 0 Å². The van der Waals surface area contributed by atoms with Gasteiger partial charge in [-0.2, -0.15) is 0 Å². The largest absolute Gasteiger partial charge is 0.481 e. The molecule has 1 atom stereocenters. The van der Waals surface area contributed by atoms with Crippen LogP contribution in [0.4, 0.5) is 4.39 Å². The van der Waals surface area contributed by atoms with Crippen LogP contribution in [0.25, 0.3) is 0 Å². The number of carbonyl (C=O) groups is 3. The first kappa shape index (κ1) is 15.9. The molecule has 0 saturated carbocycles. The number of rotatable bonds is 6. The first-order valence-corrected chi connectivity index (χ1v) is 5.86. The van der Waals surface area contributed by atoms with Crippen LogP contribution in [0.1, 0.15) is 12.0 Å². The molecule has 0 radical (unpaired) electrons. The van der Waals surface area contributed by atoms with Crippen LogP contribution >= 0.6 is 11.6 Å². The fourth-order valence-corrected chi connectivity index (χ4v) is 1.71. The van der Waals surface area contributed by atoms with E-state index >= 15 is 0 Å². The van der Waals surface area contributed by atoms with Crippen molar-refractivity contribution in [3.63, 3.8) is 0 Å². The zero-order chi connectivity index (χ0) is 15.3. The second-order valence-electron chi connectivity index (χ2n) is 3.93. The average molecular weight is 304 g/mol. The standard InChI is InChI=1S/C12H11ClFNO5/c13-7-2-1-3-8(14)6(7)4-10(16)15-9(12(19)20)5-11(17)18/h1-3,9H,4-5H2,(H,15,16)(H,17,18)(H,19,20)/t9-/m1/s1. The molecule has 1 rings (SSSR count). The lowest BCUT2D eigenvalue weighted by atomic mass is 10.1. The van der Waals surface area contributed by atoms with E-state index in [1.165, 1.54) is 12.1 Å². The third-order valence-corrected chi connectivity index (χ3v) is 2.77. The van der Waals surface area contributed by atoms with E-state index in [9.17, 15) is 18.8 Å². The van der Waals surface area contributed by atoms with Gasteiger partial charge in [0.05, 0.1) is 12.8 Å². The Bertz CT molecular complexity index is 528. The molecule has 0 aliphatic rings. The van der Waals surface area contributed by atoms with Gasteiger partial charge in [-0.05, 0) is 12.1 Å². The highest BCUT2D eigenvalue weighted by atomic mass is 35.5. The highest BCUT2D eigenvalue weighted by molar-refractivity contribution is 6.31. The zero-order valence-electron chi connectivity index (χ0n) is 10.1. The van der Waals surface area contributed by atoms with Crippen LogP contribution in [0.5, 0.6) is 0 Å². The van der Waals surface area contributed by atoms with Crippen LogP contribution in [-0.4, -0.2) is 34.1 Å². The van der Waals surface area contributed by atoms with E-state index in [2.05, 4.69) is 0 Å². The van der Waals surface area contributed by atoms with Crippen molar-refractivity contribution in [3.8, 4) is 0 Å². The van der Waals surface area contributed by atoms with E-state index in [1.807, 2.05) is 5.32 Å². The maximum Gasteiger partial charge on any atom is 0.326 e. The summed E-state index contributed by atoms with van der Waals surface area (Å²) in [6.45, 7) is 0. The van der Waals surface area contributed by atoms with Crippen molar-refractivity contribution in [1.29, 1.82) is 0 Å². The molecule has 0 spiro atoms. The minimum Gasteiger partial charge on any atom is -0.481 e. The van der Waals surface area contributed by atoms with Crippen LogP contribution in [0.3, 0.4) is 0 Å². The summed E-state index contributed by atoms with van der Waals surface area (Å²) in [5.74, 6) is -4.38. The van der Waals surface area contributed by atoms with Crippen LogP contribution < -0.4 is 5.32 Å². The lowest BCUT2D eigenvalue weighted by Crippen LogP contribution is -2.43. The van der Waals surface area contributed by atoms with Crippen molar-refractivity contribution in [2.75, 3.05) is 0 Å². The van der Waals surface area contributed by atoms with Crippen LogP contribution in [0, 0.1) is 5.82 Å². The second kappa shape index (κ2) is 6.85. The molecule has 6 nitrogen and oxygen atoms in total. The summed E-state index contributed by atoms with van der Waals surface area (Å²) in [4.78, 5) is 32.9. The number of aliphatic carboxylic acids is 2. The molecule has 0 aliphatic heterocycles. The van der Waals surface area contributed by atoms with Gasteiger partial charge < -0.3 is 15.5 Å². The molecule has 0 bridgehead atoms. The topological polar surface area (TPSA) is 104 Å². The van der Waals surface area contributed by atoms with Crippen LogP contribution in [-0.2, 0) is 20.8 Å². The summed E-state index contributed by atoms with van der Waals surface area (Å²) in [5, 5.41) is 19.3. The summed E-state index contributed by atoms with van der Waals surface area (Å²) in [5.41, 5.74) is -0.0777. The van der Waals surface area contributed by atoms with Crippen molar-refractivity contribution in [2.24, 2.45) is 0 Å². The monoisotopic (exact) mass is 303 g/mol. The average Bonchev–Trinajstić information content (AvgIpc) is 2.32. The first-order chi connectivity index (χ1) is 9.31. The number of amides is 1. The minimum atomic E-state index is -1.58. The Balaban J connectivity index is 2.76. The molecule has 0 aliphatic carbocycles. The molecule has 1 aromatic rings. The molecule has 20 heavy (non-hydrogen) atoms. The molecule has 0 heterocycles. The summed E-state index contributed by atoms with van der Waals surface area (Å²) in [6, 6.07) is 2.29. The Morgan fingerprint density at radius 2 is 1.95 bits per heavy atom. The number of carboxylic acids is 2. The fourth-order valence-electron chi connectivity index (χ4n) is 1.48. The SMILES string of the molecule is O=C(O)C[C@@H](NC(=O)Cc1c(F)cccc1Cl)C(=O)O. The zero-order valence-corrected chi connectivity index (χ0v) is 10.9. The molecule has 0 fully saturated rings. The van der Waals surface area contributed by atoms with Gasteiger partial charge in [-0.3, -0.25) is 9.59 Å². The number of benzene rings is 1. The summed E-state index contributed by atoms with van der Waals surface area (Å²) in [7, 11) is 0. The molecule has 0 aromatic heterocycles. The van der Waals surface area contributed by atoms with Gasteiger partial charge in [0.2, 0.25) is 5.91 Å². The van der Waals surface area contributed by atoms with Crippen molar-refractivity contribution in [3.05, 3.63) is 34.6 Å². The van der Waals surface area contributed by atoms with Crippen molar-refractivity contribution < 1.29 is 29.0 Å². The van der Waals surface area contributed by atoms with Gasteiger partial charge in [0.15, 0.2) is 0 Å². The maximum absolute atomic E-state index is 13.4. The smallest absolute Gasteiger partial charge is 0.326 e. The second-order valence-corrected chi connectivity index (χ2v) is 4.34. The minimum absolute atomic E-state index is 0.0326. The van der Waals surface area contributed by atoms with Gasteiger partial charge in [-0.1, -0.05) is 17.7 Å². The van der Waals surface area contributed by atoms with Crippen molar-refractivity contribution in [1.82, 2.24) is 5.32 Å². The Kier molecular flexibility index (Phi) is 5.45. The third-order valence-electron chi connectivity index (χ3n) is 2.41. The highest BCUT2D eigenvalue weighted by Gasteiger charge is 2.23. The Morgan fingerprint density at radius 3 is 2.45 bits per heavy atom. The summed E-state index contributed by atoms with van der Waals surface area (Å²) in [6.07, 6.45) is -1.25. The highest BCUT2D eigenvalue weighted by Crippen LogP contribution is 2.19. The Hall–Kier alpha value is -2.15. The number of hydrogen-bond acceptors (Lipinski definition) is 3. The van der Waals surface area contributed by atoms with Gasteiger partial charge in [0.1, 0.15) is 11.9 Å². The molecule has 0 saturated heterocycles. The molecular weight excluding hydrogens is 293 g/mol. The quantitative estimate of drug-likeness (QED) is 0.729. The van der Waals surface area contributed by atoms with E-state index in [-0.39, 0.29) is 10.6 Å². The molecule has 0 unspecified atom stereocenters. The lowest BCUT2D eigenvalue weighted by molar-refractivity contribution is -0.147. The van der Waals surface area contributed by atoms with E-state index < -0.39 is 42.5 Å². The van der Waals surface area contributed by atoms with Crippen LogP contribution in [0.2, 0.25) is 5.02 Å². The van der Waals surface area contributed by atoms with E-state index in [4.69, 9.17) is 21.8 Å².